The summed E-state index contributed by atoms with van der Waals surface area (Å²) in [6.07, 6.45) is 2.32. The second-order valence-corrected chi connectivity index (χ2v) is 9.70. The molecule has 4 aromatic rings. The summed E-state index contributed by atoms with van der Waals surface area (Å²) in [7, 11) is 1.55. The van der Waals surface area contributed by atoms with E-state index in [0.29, 0.717) is 34.3 Å². The molecule has 2 heterocycles. The maximum absolute atomic E-state index is 13.4. The molecule has 0 aliphatic heterocycles. The minimum absolute atomic E-state index is 0.211. The number of thiophene rings is 1. The molecule has 9 nitrogen and oxygen atoms in total. The van der Waals surface area contributed by atoms with Crippen molar-refractivity contribution in [3.63, 3.8) is 0 Å². The molecule has 1 unspecified atom stereocenters. The molecule has 1 atom stereocenters. The smallest absolute Gasteiger partial charge is 0.441 e. The number of amides is 1. The molecule has 5 rings (SSSR count). The molecule has 1 amide bonds. The number of anilines is 1. The SMILES string of the molecule is CCOC(=O)c1c(NC(=O)c2c(=O)o[nH][n+]2-c2ccc(OC)cc2)sc2c1CCC(c1ccccc1)C2. The molecule has 37 heavy (non-hydrogen) atoms. The number of nitrogens with one attached hydrogen (secondary N) is 2. The van der Waals surface area contributed by atoms with Crippen molar-refractivity contribution >= 4 is 28.2 Å². The molecule has 2 aromatic carbocycles. The maximum Gasteiger partial charge on any atom is 0.441 e. The molecule has 1 aliphatic rings. The lowest BCUT2D eigenvalue weighted by Gasteiger charge is -2.23. The van der Waals surface area contributed by atoms with Crippen LogP contribution in [-0.4, -0.2) is 30.9 Å². The third-order valence-corrected chi connectivity index (χ3v) is 7.60. The van der Waals surface area contributed by atoms with Gasteiger partial charge in [0, 0.05) is 17.0 Å². The van der Waals surface area contributed by atoms with E-state index in [4.69, 9.17) is 14.0 Å². The number of carbonyl (C=O) groups is 2. The van der Waals surface area contributed by atoms with E-state index < -0.39 is 17.5 Å². The van der Waals surface area contributed by atoms with Gasteiger partial charge in [0.25, 0.3) is 0 Å². The van der Waals surface area contributed by atoms with Gasteiger partial charge in [-0.25, -0.2) is 9.59 Å². The van der Waals surface area contributed by atoms with Crippen LogP contribution >= 0.6 is 11.3 Å². The monoisotopic (exact) mass is 520 g/mol. The van der Waals surface area contributed by atoms with Crippen LogP contribution in [0, 0.1) is 0 Å². The van der Waals surface area contributed by atoms with Crippen LogP contribution in [0.2, 0.25) is 0 Å². The molecule has 0 spiro atoms. The highest BCUT2D eigenvalue weighted by molar-refractivity contribution is 7.17. The maximum atomic E-state index is 13.4. The minimum Gasteiger partial charge on any atom is -0.497 e. The van der Waals surface area contributed by atoms with E-state index >= 15 is 0 Å². The topological polar surface area (TPSA) is 115 Å². The van der Waals surface area contributed by atoms with Crippen LogP contribution in [0.1, 0.15) is 56.1 Å². The summed E-state index contributed by atoms with van der Waals surface area (Å²) >= 11 is 1.35. The molecule has 0 radical (unpaired) electrons. The zero-order chi connectivity index (χ0) is 25.9. The zero-order valence-corrected chi connectivity index (χ0v) is 21.2. The van der Waals surface area contributed by atoms with Gasteiger partial charge in [-0.2, -0.15) is 0 Å². The van der Waals surface area contributed by atoms with Crippen LogP contribution in [0.15, 0.2) is 63.9 Å². The summed E-state index contributed by atoms with van der Waals surface area (Å²) in [6, 6.07) is 17.0. The first-order valence-corrected chi connectivity index (χ1v) is 12.8. The van der Waals surface area contributed by atoms with Gasteiger partial charge in [0.05, 0.1) is 19.3 Å². The van der Waals surface area contributed by atoms with Gasteiger partial charge in [0.2, 0.25) is 5.69 Å². The van der Waals surface area contributed by atoms with Crippen LogP contribution in [-0.2, 0) is 17.6 Å². The van der Waals surface area contributed by atoms with Gasteiger partial charge < -0.3 is 14.8 Å². The quantitative estimate of drug-likeness (QED) is 0.281. The first-order valence-electron chi connectivity index (χ1n) is 12.0. The Hall–Kier alpha value is -4.18. The average molecular weight is 521 g/mol. The summed E-state index contributed by atoms with van der Waals surface area (Å²) in [4.78, 5) is 39.8. The molecule has 2 N–H and O–H groups in total. The largest absolute Gasteiger partial charge is 0.497 e. The van der Waals surface area contributed by atoms with Crippen molar-refractivity contribution in [3.05, 3.63) is 92.3 Å². The predicted octanol–water partition coefficient (Wildman–Crippen LogP) is 4.02. The van der Waals surface area contributed by atoms with E-state index in [-0.39, 0.29) is 12.3 Å². The van der Waals surface area contributed by atoms with E-state index in [1.165, 1.54) is 21.6 Å². The molecular formula is C27H26N3O6S+. The number of ether oxygens (including phenoxy) is 2. The van der Waals surface area contributed by atoms with Crippen molar-refractivity contribution in [1.29, 1.82) is 0 Å². The fourth-order valence-corrected chi connectivity index (χ4v) is 5.96. The highest BCUT2D eigenvalue weighted by Gasteiger charge is 2.35. The predicted molar refractivity (Wildman–Crippen MR) is 137 cm³/mol. The van der Waals surface area contributed by atoms with Crippen molar-refractivity contribution in [2.24, 2.45) is 0 Å². The fourth-order valence-electron chi connectivity index (χ4n) is 4.64. The molecule has 2 aromatic heterocycles. The first-order chi connectivity index (χ1) is 18.0. The number of fused-ring (bicyclic) bond motifs is 1. The van der Waals surface area contributed by atoms with Crippen molar-refractivity contribution in [1.82, 2.24) is 5.27 Å². The summed E-state index contributed by atoms with van der Waals surface area (Å²) in [6.45, 7) is 1.95. The van der Waals surface area contributed by atoms with Gasteiger partial charge in [-0.1, -0.05) is 30.3 Å². The zero-order valence-electron chi connectivity index (χ0n) is 20.4. The highest BCUT2D eigenvalue weighted by Crippen LogP contribution is 2.42. The van der Waals surface area contributed by atoms with Gasteiger partial charge in [0.1, 0.15) is 10.8 Å². The number of rotatable bonds is 7. The van der Waals surface area contributed by atoms with Gasteiger partial charge in [-0.05, 0) is 65.3 Å². The third-order valence-electron chi connectivity index (χ3n) is 6.44. The molecular weight excluding hydrogens is 494 g/mol. The summed E-state index contributed by atoms with van der Waals surface area (Å²) < 4.78 is 16.7. The van der Waals surface area contributed by atoms with Gasteiger partial charge in [0.15, 0.2) is 0 Å². The number of hydrogen-bond donors (Lipinski definition) is 2. The number of hydrogen-bond acceptors (Lipinski definition) is 7. The molecule has 10 heteroatoms. The van der Waals surface area contributed by atoms with Crippen molar-refractivity contribution in [2.45, 2.75) is 32.1 Å². The van der Waals surface area contributed by atoms with Crippen molar-refractivity contribution < 1.29 is 28.3 Å². The molecule has 0 saturated carbocycles. The Morgan fingerprint density at radius 3 is 2.62 bits per heavy atom. The lowest BCUT2D eigenvalue weighted by molar-refractivity contribution is -0.672. The second kappa shape index (κ2) is 10.4. The number of benzene rings is 2. The highest BCUT2D eigenvalue weighted by atomic mass is 32.1. The Balaban J connectivity index is 1.48. The van der Waals surface area contributed by atoms with Crippen LogP contribution < -0.4 is 20.4 Å². The van der Waals surface area contributed by atoms with E-state index in [0.717, 1.165) is 23.3 Å². The van der Waals surface area contributed by atoms with Gasteiger partial charge in [-0.15, -0.1) is 11.3 Å². The molecule has 190 valence electrons. The molecule has 0 bridgehead atoms. The number of nitrogens with zero attached hydrogens (tertiary/aromatic N) is 1. The van der Waals surface area contributed by atoms with E-state index in [2.05, 4.69) is 22.7 Å². The summed E-state index contributed by atoms with van der Waals surface area (Å²) in [5.41, 5.74) is 1.91. The van der Waals surface area contributed by atoms with Crippen LogP contribution in [0.25, 0.3) is 5.69 Å². The fraction of sp³-hybridized carbons (Fsp3) is 0.259. The minimum atomic E-state index is -0.837. The van der Waals surface area contributed by atoms with E-state index in [1.54, 1.807) is 38.3 Å². The number of aromatic nitrogens is 2. The van der Waals surface area contributed by atoms with Crippen molar-refractivity contribution in [3.8, 4) is 11.4 Å². The first kappa shape index (κ1) is 24.5. The Labute approximate surface area is 216 Å². The number of H-pyrrole nitrogens is 1. The van der Waals surface area contributed by atoms with Gasteiger partial charge >= 0.3 is 23.2 Å². The Kier molecular flexibility index (Phi) is 6.91. The molecule has 0 fully saturated rings. The molecule has 1 aliphatic carbocycles. The Bertz CT molecular complexity index is 1490. The van der Waals surface area contributed by atoms with Gasteiger partial charge in [-0.3, -0.25) is 9.32 Å². The third kappa shape index (κ3) is 4.79. The second-order valence-electron chi connectivity index (χ2n) is 8.60. The summed E-state index contributed by atoms with van der Waals surface area (Å²) in [5.74, 6) is -0.245. The van der Waals surface area contributed by atoms with Crippen LogP contribution in [0.3, 0.4) is 0 Å². The Morgan fingerprint density at radius 2 is 1.92 bits per heavy atom. The van der Waals surface area contributed by atoms with Crippen molar-refractivity contribution in [2.75, 3.05) is 19.0 Å². The van der Waals surface area contributed by atoms with E-state index in [9.17, 15) is 14.4 Å². The lowest BCUT2D eigenvalue weighted by Crippen LogP contribution is -2.42. The Morgan fingerprint density at radius 1 is 1.16 bits per heavy atom. The van der Waals surface area contributed by atoms with Crippen LogP contribution in [0.5, 0.6) is 5.75 Å². The number of aromatic amines is 1. The van der Waals surface area contributed by atoms with Crippen LogP contribution in [0.4, 0.5) is 5.00 Å². The number of esters is 1. The summed E-state index contributed by atoms with van der Waals surface area (Å²) in [5, 5.41) is 5.62. The average Bonchev–Trinajstić information content (AvgIpc) is 3.48. The number of methoxy groups -OCH3 is 1. The van der Waals surface area contributed by atoms with E-state index in [1.807, 2.05) is 18.2 Å². The standard InChI is InChI=1S/C27H25N3O6S/c1-3-35-26(32)22-20-14-9-17(16-7-5-4-6-8-16)15-21(20)37-25(22)28-24(31)23-27(33)36-29-30(23)18-10-12-19(34-2)13-11-18/h4-8,10-13,17H,3,9,14-15H2,1-2H3,(H-,28,29,31,32,33)/p+1. The normalized spacial score (nSPS) is 14.6. The lowest BCUT2D eigenvalue weighted by atomic mass is 9.83. The number of carbonyl (C=O) groups excluding carboxylic acids is 2. The molecule has 0 saturated heterocycles.